The number of allylic oxidation sites excluding steroid dienone is 1. The Morgan fingerprint density at radius 2 is 1.85 bits per heavy atom. The number of phenols is 1. The van der Waals surface area contributed by atoms with Crippen molar-refractivity contribution >= 4 is 23.5 Å². The number of aromatic hydroxyl groups is 1. The monoisotopic (exact) mass is 378 g/mol. The van der Waals surface area contributed by atoms with E-state index in [1.54, 1.807) is 12.1 Å². The van der Waals surface area contributed by atoms with Crippen molar-refractivity contribution in [3.8, 4) is 17.2 Å². The molecule has 3 aromatic rings. The van der Waals surface area contributed by atoms with Crippen molar-refractivity contribution in [1.29, 1.82) is 0 Å². The fourth-order valence-electron chi connectivity index (χ4n) is 2.78. The summed E-state index contributed by atoms with van der Waals surface area (Å²) in [4.78, 5) is 12.4. The van der Waals surface area contributed by atoms with Crippen LogP contribution in [0.15, 0.2) is 72.5 Å². The van der Waals surface area contributed by atoms with Gasteiger partial charge in [-0.05, 0) is 53.6 Å². The molecule has 1 aliphatic heterocycles. The molecular formula is C22H15ClO4. The zero-order valence-corrected chi connectivity index (χ0v) is 14.9. The van der Waals surface area contributed by atoms with Gasteiger partial charge in [-0.1, -0.05) is 35.9 Å². The number of benzene rings is 3. The molecule has 0 saturated carbocycles. The van der Waals surface area contributed by atoms with E-state index in [4.69, 9.17) is 21.1 Å². The van der Waals surface area contributed by atoms with E-state index in [1.807, 2.05) is 48.5 Å². The first-order valence-corrected chi connectivity index (χ1v) is 8.71. The molecule has 0 atom stereocenters. The first kappa shape index (κ1) is 17.2. The molecular weight excluding hydrogens is 364 g/mol. The Labute approximate surface area is 161 Å². The Morgan fingerprint density at radius 3 is 2.63 bits per heavy atom. The lowest BCUT2D eigenvalue weighted by molar-refractivity contribution is 0.101. The molecule has 1 aliphatic rings. The van der Waals surface area contributed by atoms with Gasteiger partial charge in [-0.2, -0.15) is 0 Å². The minimum Gasteiger partial charge on any atom is -0.508 e. The van der Waals surface area contributed by atoms with Gasteiger partial charge in [0.2, 0.25) is 5.78 Å². The van der Waals surface area contributed by atoms with E-state index in [0.29, 0.717) is 28.7 Å². The molecule has 1 N–H and O–H groups in total. The van der Waals surface area contributed by atoms with Crippen molar-refractivity contribution in [3.63, 3.8) is 0 Å². The van der Waals surface area contributed by atoms with Crippen molar-refractivity contribution in [1.82, 2.24) is 0 Å². The maximum absolute atomic E-state index is 12.4. The number of halogens is 1. The molecule has 0 aromatic heterocycles. The van der Waals surface area contributed by atoms with E-state index >= 15 is 0 Å². The number of phenolic OH excluding ortho intramolecular Hbond substituents is 1. The van der Waals surface area contributed by atoms with Crippen molar-refractivity contribution < 1.29 is 19.4 Å². The molecule has 0 unspecified atom stereocenters. The Kier molecular flexibility index (Phi) is 4.57. The molecule has 0 bridgehead atoms. The van der Waals surface area contributed by atoms with Crippen molar-refractivity contribution in [2.45, 2.75) is 6.61 Å². The van der Waals surface area contributed by atoms with Gasteiger partial charge in [0, 0.05) is 11.1 Å². The van der Waals surface area contributed by atoms with Crippen molar-refractivity contribution in [2.24, 2.45) is 0 Å². The number of hydrogen-bond donors (Lipinski definition) is 1. The van der Waals surface area contributed by atoms with Gasteiger partial charge in [0.05, 0.1) is 5.56 Å². The maximum Gasteiger partial charge on any atom is 0.231 e. The smallest absolute Gasteiger partial charge is 0.231 e. The van der Waals surface area contributed by atoms with Crippen LogP contribution in [-0.2, 0) is 6.61 Å². The topological polar surface area (TPSA) is 55.8 Å². The Morgan fingerprint density at radius 1 is 1.04 bits per heavy atom. The van der Waals surface area contributed by atoms with Crippen LogP contribution in [0.5, 0.6) is 17.2 Å². The zero-order valence-electron chi connectivity index (χ0n) is 14.2. The van der Waals surface area contributed by atoms with Gasteiger partial charge in [-0.3, -0.25) is 4.79 Å². The average molecular weight is 379 g/mol. The molecule has 0 fully saturated rings. The van der Waals surface area contributed by atoms with Crippen LogP contribution in [0.1, 0.15) is 21.5 Å². The average Bonchev–Trinajstić information content (AvgIpc) is 2.96. The van der Waals surface area contributed by atoms with E-state index in [2.05, 4.69) is 0 Å². The van der Waals surface area contributed by atoms with Crippen molar-refractivity contribution in [3.05, 3.63) is 94.2 Å². The summed E-state index contributed by atoms with van der Waals surface area (Å²) in [6.45, 7) is 0.418. The molecule has 5 heteroatoms. The summed E-state index contributed by atoms with van der Waals surface area (Å²) in [6, 6.07) is 19.3. The summed E-state index contributed by atoms with van der Waals surface area (Å²) in [5, 5.41) is 10.2. The lowest BCUT2D eigenvalue weighted by Crippen LogP contribution is -1.98. The normalized spacial score (nSPS) is 14.1. The SMILES string of the molecule is O=C1/C(=C/c2ccc(OCc3cccc(Cl)c3)cc2)Oc2cc(O)ccc21. The number of carbonyl (C=O) groups is 1. The third kappa shape index (κ3) is 3.81. The number of hydrogen-bond acceptors (Lipinski definition) is 4. The van der Waals surface area contributed by atoms with E-state index in [9.17, 15) is 9.90 Å². The lowest BCUT2D eigenvalue weighted by atomic mass is 10.1. The highest BCUT2D eigenvalue weighted by atomic mass is 35.5. The van der Waals surface area contributed by atoms with Crippen LogP contribution in [0.3, 0.4) is 0 Å². The van der Waals surface area contributed by atoms with Crippen LogP contribution in [0.4, 0.5) is 0 Å². The standard InChI is InChI=1S/C22H15ClO4/c23-16-3-1-2-15(10-16)13-26-18-7-4-14(5-8-18)11-21-22(25)19-9-6-17(24)12-20(19)27-21/h1-12,24H,13H2/b21-11-. The second kappa shape index (κ2) is 7.17. The maximum atomic E-state index is 12.4. The Balaban J connectivity index is 1.45. The fraction of sp³-hybridized carbons (Fsp3) is 0.0455. The minimum atomic E-state index is -0.203. The van der Waals surface area contributed by atoms with Gasteiger partial charge in [0.15, 0.2) is 5.76 Å². The molecule has 3 aromatic carbocycles. The van der Waals surface area contributed by atoms with Gasteiger partial charge in [0.1, 0.15) is 23.9 Å². The predicted octanol–water partition coefficient (Wildman–Crippen LogP) is 5.24. The van der Waals surface area contributed by atoms with E-state index in [-0.39, 0.29) is 17.3 Å². The molecule has 0 saturated heterocycles. The van der Waals surface area contributed by atoms with Gasteiger partial charge >= 0.3 is 0 Å². The molecule has 0 amide bonds. The molecule has 27 heavy (non-hydrogen) atoms. The number of ketones is 1. The predicted molar refractivity (Wildman–Crippen MR) is 103 cm³/mol. The van der Waals surface area contributed by atoms with Crippen LogP contribution in [0.25, 0.3) is 6.08 Å². The van der Waals surface area contributed by atoms with Gasteiger partial charge in [-0.15, -0.1) is 0 Å². The highest BCUT2D eigenvalue weighted by Gasteiger charge is 2.27. The summed E-state index contributed by atoms with van der Waals surface area (Å²) in [5.41, 5.74) is 2.24. The fourth-order valence-corrected chi connectivity index (χ4v) is 2.99. The first-order chi connectivity index (χ1) is 13.1. The molecule has 1 heterocycles. The molecule has 134 valence electrons. The van der Waals surface area contributed by atoms with E-state index in [1.165, 1.54) is 12.1 Å². The summed E-state index contributed by atoms with van der Waals surface area (Å²) in [6.07, 6.45) is 1.67. The van der Waals surface area contributed by atoms with Gasteiger partial charge in [0.25, 0.3) is 0 Å². The highest BCUT2D eigenvalue weighted by molar-refractivity contribution is 6.30. The van der Waals surface area contributed by atoms with Crippen LogP contribution in [-0.4, -0.2) is 10.9 Å². The van der Waals surface area contributed by atoms with Crippen LogP contribution in [0.2, 0.25) is 5.02 Å². The quantitative estimate of drug-likeness (QED) is 0.631. The Bertz CT molecular complexity index is 1040. The molecule has 4 rings (SSSR count). The second-order valence-electron chi connectivity index (χ2n) is 6.11. The summed E-state index contributed by atoms with van der Waals surface area (Å²) >= 11 is 5.97. The number of rotatable bonds is 4. The van der Waals surface area contributed by atoms with Gasteiger partial charge < -0.3 is 14.6 Å². The zero-order chi connectivity index (χ0) is 18.8. The highest BCUT2D eigenvalue weighted by Crippen LogP contribution is 2.34. The largest absolute Gasteiger partial charge is 0.508 e. The molecule has 0 aliphatic carbocycles. The number of Topliss-reactive ketones (excluding diaryl/α,β-unsaturated/α-hetero) is 1. The third-order valence-corrected chi connectivity index (χ3v) is 4.36. The first-order valence-electron chi connectivity index (χ1n) is 8.33. The number of ether oxygens (including phenoxy) is 2. The third-order valence-electron chi connectivity index (χ3n) is 4.13. The summed E-state index contributed by atoms with van der Waals surface area (Å²) in [7, 11) is 0. The number of carbonyl (C=O) groups excluding carboxylic acids is 1. The summed E-state index contributed by atoms with van der Waals surface area (Å²) in [5.74, 6) is 1.16. The lowest BCUT2D eigenvalue weighted by Gasteiger charge is -2.07. The molecule has 0 spiro atoms. The van der Waals surface area contributed by atoms with Gasteiger partial charge in [-0.25, -0.2) is 0 Å². The van der Waals surface area contributed by atoms with E-state index < -0.39 is 0 Å². The number of fused-ring (bicyclic) bond motifs is 1. The second-order valence-corrected chi connectivity index (χ2v) is 6.54. The van der Waals surface area contributed by atoms with Crippen LogP contribution >= 0.6 is 11.6 Å². The minimum absolute atomic E-state index is 0.0593. The summed E-state index contributed by atoms with van der Waals surface area (Å²) < 4.78 is 11.3. The van der Waals surface area contributed by atoms with E-state index in [0.717, 1.165) is 11.1 Å². The molecule has 0 radical (unpaired) electrons. The van der Waals surface area contributed by atoms with Crippen LogP contribution in [0, 0.1) is 0 Å². The van der Waals surface area contributed by atoms with Crippen LogP contribution < -0.4 is 9.47 Å². The Hall–Kier alpha value is -3.24. The molecule has 4 nitrogen and oxygen atoms in total. The van der Waals surface area contributed by atoms with Crippen molar-refractivity contribution in [2.75, 3.05) is 0 Å².